The van der Waals surface area contributed by atoms with Crippen molar-refractivity contribution < 1.29 is 14.3 Å². The molecular weight excluding hydrogens is 266 g/mol. The predicted octanol–water partition coefficient (Wildman–Crippen LogP) is 2.46. The number of hydrogen-bond donors (Lipinski definition) is 1. The molecule has 1 atom stereocenters. The minimum atomic E-state index is -0.561. The fourth-order valence-electron chi connectivity index (χ4n) is 2.34. The summed E-state index contributed by atoms with van der Waals surface area (Å²) < 4.78 is 5.42. The first-order chi connectivity index (χ1) is 9.88. The van der Waals surface area contributed by atoms with Gasteiger partial charge < -0.3 is 10.1 Å². The molecule has 1 unspecified atom stereocenters. The number of hydrogen-bond acceptors (Lipinski definition) is 3. The SMILES string of the molecule is CC(C)(C)c1ccc(C(=O)C(=O)NCC2CCCO2)cc1. The van der Waals surface area contributed by atoms with Gasteiger partial charge >= 0.3 is 0 Å². The summed E-state index contributed by atoms with van der Waals surface area (Å²) in [5.74, 6) is -1.05. The van der Waals surface area contributed by atoms with Gasteiger partial charge in [0.2, 0.25) is 5.78 Å². The number of ether oxygens (including phenoxy) is 1. The molecule has 1 aliphatic heterocycles. The Hall–Kier alpha value is -1.68. The van der Waals surface area contributed by atoms with Crippen LogP contribution in [0.5, 0.6) is 0 Å². The van der Waals surface area contributed by atoms with Gasteiger partial charge in [-0.1, -0.05) is 45.0 Å². The fourth-order valence-corrected chi connectivity index (χ4v) is 2.34. The first-order valence-corrected chi connectivity index (χ1v) is 7.42. The third-order valence-electron chi connectivity index (χ3n) is 3.73. The summed E-state index contributed by atoms with van der Waals surface area (Å²) in [5.41, 5.74) is 1.59. The molecule has 0 aliphatic carbocycles. The van der Waals surface area contributed by atoms with Gasteiger partial charge in [0.25, 0.3) is 5.91 Å². The highest BCUT2D eigenvalue weighted by atomic mass is 16.5. The lowest BCUT2D eigenvalue weighted by Gasteiger charge is -2.19. The normalized spacial score (nSPS) is 18.5. The summed E-state index contributed by atoms with van der Waals surface area (Å²) in [5, 5.41) is 2.65. The van der Waals surface area contributed by atoms with Crippen LogP contribution in [0.15, 0.2) is 24.3 Å². The summed E-state index contributed by atoms with van der Waals surface area (Å²) in [6.07, 6.45) is 2.00. The van der Waals surface area contributed by atoms with Gasteiger partial charge in [-0.25, -0.2) is 0 Å². The zero-order valence-corrected chi connectivity index (χ0v) is 12.9. The predicted molar refractivity (Wildman–Crippen MR) is 81.5 cm³/mol. The molecule has 1 aromatic carbocycles. The van der Waals surface area contributed by atoms with E-state index >= 15 is 0 Å². The second kappa shape index (κ2) is 6.39. The van der Waals surface area contributed by atoms with Crippen molar-refractivity contribution in [1.82, 2.24) is 5.32 Å². The molecule has 0 radical (unpaired) electrons. The number of ketones is 1. The Morgan fingerprint density at radius 1 is 1.24 bits per heavy atom. The van der Waals surface area contributed by atoms with Crippen molar-refractivity contribution in [2.24, 2.45) is 0 Å². The third-order valence-corrected chi connectivity index (χ3v) is 3.73. The van der Waals surface area contributed by atoms with E-state index in [0.717, 1.165) is 25.0 Å². The Labute approximate surface area is 125 Å². The molecule has 4 nitrogen and oxygen atoms in total. The Morgan fingerprint density at radius 3 is 2.43 bits per heavy atom. The second-order valence-corrected chi connectivity index (χ2v) is 6.50. The van der Waals surface area contributed by atoms with Crippen LogP contribution in [0.1, 0.15) is 49.5 Å². The van der Waals surface area contributed by atoms with Gasteiger partial charge in [-0.15, -0.1) is 0 Å². The van der Waals surface area contributed by atoms with E-state index in [4.69, 9.17) is 4.74 Å². The fraction of sp³-hybridized carbons (Fsp3) is 0.529. The van der Waals surface area contributed by atoms with Crippen LogP contribution in [0.25, 0.3) is 0 Å². The Balaban J connectivity index is 1.94. The Morgan fingerprint density at radius 2 is 1.90 bits per heavy atom. The van der Waals surface area contributed by atoms with Gasteiger partial charge in [-0.2, -0.15) is 0 Å². The average Bonchev–Trinajstić information content (AvgIpc) is 2.96. The minimum Gasteiger partial charge on any atom is -0.376 e. The number of benzene rings is 1. The summed E-state index contributed by atoms with van der Waals surface area (Å²) in [4.78, 5) is 23.9. The van der Waals surface area contributed by atoms with Crippen LogP contribution < -0.4 is 5.32 Å². The molecule has 1 amide bonds. The number of nitrogens with one attached hydrogen (secondary N) is 1. The van der Waals surface area contributed by atoms with Gasteiger partial charge in [0, 0.05) is 18.7 Å². The van der Waals surface area contributed by atoms with E-state index in [1.165, 1.54) is 0 Å². The van der Waals surface area contributed by atoms with Gasteiger partial charge in [0.1, 0.15) is 0 Å². The number of Topliss-reactive ketones (excluding diaryl/α,β-unsaturated/α-hetero) is 1. The summed E-state index contributed by atoms with van der Waals surface area (Å²) in [6, 6.07) is 7.24. The molecule has 2 rings (SSSR count). The Bertz CT molecular complexity index is 508. The summed E-state index contributed by atoms with van der Waals surface area (Å²) >= 11 is 0. The van der Waals surface area contributed by atoms with Crippen molar-refractivity contribution in [3.05, 3.63) is 35.4 Å². The maximum atomic E-state index is 12.1. The maximum absolute atomic E-state index is 12.1. The van der Waals surface area contributed by atoms with Crippen LogP contribution >= 0.6 is 0 Å². The number of carbonyl (C=O) groups excluding carboxylic acids is 2. The Kier molecular flexibility index (Phi) is 4.78. The molecule has 0 spiro atoms. The van der Waals surface area contributed by atoms with E-state index in [9.17, 15) is 9.59 Å². The van der Waals surface area contributed by atoms with Gasteiger partial charge in [-0.05, 0) is 23.8 Å². The molecular formula is C17H23NO3. The lowest BCUT2D eigenvalue weighted by atomic mass is 9.86. The monoisotopic (exact) mass is 289 g/mol. The van der Waals surface area contributed by atoms with Crippen LogP contribution in [-0.4, -0.2) is 30.9 Å². The molecule has 0 aromatic heterocycles. The first-order valence-electron chi connectivity index (χ1n) is 7.42. The van der Waals surface area contributed by atoms with Crippen molar-refractivity contribution in [2.45, 2.75) is 45.1 Å². The molecule has 1 fully saturated rings. The largest absolute Gasteiger partial charge is 0.376 e. The third kappa shape index (κ3) is 4.14. The molecule has 21 heavy (non-hydrogen) atoms. The van der Waals surface area contributed by atoms with Crippen molar-refractivity contribution in [1.29, 1.82) is 0 Å². The molecule has 114 valence electrons. The molecule has 1 N–H and O–H groups in total. The lowest BCUT2D eigenvalue weighted by molar-refractivity contribution is -0.117. The zero-order valence-electron chi connectivity index (χ0n) is 12.9. The van der Waals surface area contributed by atoms with Gasteiger partial charge in [0.05, 0.1) is 6.10 Å². The van der Waals surface area contributed by atoms with Crippen molar-refractivity contribution in [3.8, 4) is 0 Å². The van der Waals surface area contributed by atoms with E-state index < -0.39 is 11.7 Å². The van der Waals surface area contributed by atoms with E-state index in [1.807, 2.05) is 12.1 Å². The molecule has 1 heterocycles. The molecule has 0 bridgehead atoms. The first kappa shape index (κ1) is 15.7. The number of rotatable bonds is 4. The van der Waals surface area contributed by atoms with Gasteiger partial charge in [0.15, 0.2) is 0 Å². The van der Waals surface area contributed by atoms with E-state index in [-0.39, 0.29) is 11.5 Å². The van der Waals surface area contributed by atoms with Crippen molar-refractivity contribution in [3.63, 3.8) is 0 Å². The quantitative estimate of drug-likeness (QED) is 0.684. The summed E-state index contributed by atoms with van der Waals surface area (Å²) in [6.45, 7) is 7.47. The van der Waals surface area contributed by atoms with Crippen LogP contribution in [0.4, 0.5) is 0 Å². The molecule has 1 saturated heterocycles. The van der Waals surface area contributed by atoms with Crippen LogP contribution in [-0.2, 0) is 14.9 Å². The number of carbonyl (C=O) groups is 2. The molecule has 4 heteroatoms. The van der Waals surface area contributed by atoms with Crippen molar-refractivity contribution in [2.75, 3.05) is 13.2 Å². The smallest absolute Gasteiger partial charge is 0.292 e. The molecule has 1 aromatic rings. The van der Waals surface area contributed by atoms with E-state index in [0.29, 0.717) is 12.1 Å². The number of amides is 1. The van der Waals surface area contributed by atoms with E-state index in [1.54, 1.807) is 12.1 Å². The van der Waals surface area contributed by atoms with Crippen LogP contribution in [0.2, 0.25) is 0 Å². The highest BCUT2D eigenvalue weighted by Gasteiger charge is 2.21. The van der Waals surface area contributed by atoms with Crippen molar-refractivity contribution >= 4 is 11.7 Å². The second-order valence-electron chi connectivity index (χ2n) is 6.50. The topological polar surface area (TPSA) is 55.4 Å². The average molecular weight is 289 g/mol. The highest BCUT2D eigenvalue weighted by molar-refractivity contribution is 6.42. The standard InChI is InChI=1S/C17H23NO3/c1-17(2,3)13-8-6-12(7-9-13)15(19)16(20)18-11-14-5-4-10-21-14/h6-9,14H,4-5,10-11H2,1-3H3,(H,18,20). The van der Waals surface area contributed by atoms with Gasteiger partial charge in [-0.3, -0.25) is 9.59 Å². The highest BCUT2D eigenvalue weighted by Crippen LogP contribution is 2.22. The van der Waals surface area contributed by atoms with Crippen LogP contribution in [0.3, 0.4) is 0 Å². The van der Waals surface area contributed by atoms with Crippen LogP contribution in [0, 0.1) is 0 Å². The maximum Gasteiger partial charge on any atom is 0.292 e. The zero-order chi connectivity index (χ0) is 15.5. The summed E-state index contributed by atoms with van der Waals surface area (Å²) in [7, 11) is 0. The molecule has 0 saturated carbocycles. The molecule has 1 aliphatic rings. The minimum absolute atomic E-state index is 0.0314. The lowest BCUT2D eigenvalue weighted by Crippen LogP contribution is -2.36. The van der Waals surface area contributed by atoms with E-state index in [2.05, 4.69) is 26.1 Å².